The van der Waals surface area contributed by atoms with Gasteiger partial charge in [0.15, 0.2) is 0 Å². The van der Waals surface area contributed by atoms with E-state index in [-0.39, 0.29) is 11.7 Å². The molecule has 0 N–H and O–H groups in total. The second-order valence-corrected chi connectivity index (χ2v) is 10.2. The maximum Gasteiger partial charge on any atom is 0.234 e. The largest absolute Gasteiger partial charge is 0.343 e. The minimum Gasteiger partial charge on any atom is -0.343 e. The van der Waals surface area contributed by atoms with E-state index in [0.29, 0.717) is 31.3 Å². The minimum absolute atomic E-state index is 0.0846. The van der Waals surface area contributed by atoms with Crippen LogP contribution in [0.25, 0.3) is 0 Å². The van der Waals surface area contributed by atoms with Crippen LogP contribution in [0.5, 0.6) is 0 Å². The first kappa shape index (κ1) is 19.7. The smallest absolute Gasteiger partial charge is 0.234 e. The molecule has 3 rings (SSSR count). The molecule has 0 aromatic heterocycles. The number of fused-ring (bicyclic) bond motifs is 1. The van der Waals surface area contributed by atoms with Crippen molar-refractivity contribution in [2.75, 3.05) is 19.3 Å². The lowest BCUT2D eigenvalue weighted by Crippen LogP contribution is -2.41. The molecule has 0 bridgehead atoms. The Hall–Kier alpha value is -1.04. The molecule has 1 saturated carbocycles. The van der Waals surface area contributed by atoms with E-state index in [1.54, 1.807) is 4.31 Å². The van der Waals surface area contributed by atoms with Crippen LogP contribution >= 0.6 is 0 Å². The van der Waals surface area contributed by atoms with Gasteiger partial charge in [-0.05, 0) is 57.3 Å². The highest BCUT2D eigenvalue weighted by Gasteiger charge is 2.33. The summed E-state index contributed by atoms with van der Waals surface area (Å²) in [6.45, 7) is 0.612. The van der Waals surface area contributed by atoms with Gasteiger partial charge in [0.25, 0.3) is 0 Å². The first-order valence-corrected chi connectivity index (χ1v) is 12.1. The zero-order chi connectivity index (χ0) is 18.6. The number of amides is 1. The fourth-order valence-electron chi connectivity index (χ4n) is 4.80. The van der Waals surface area contributed by atoms with Crippen LogP contribution in [0.1, 0.15) is 77.0 Å². The molecule has 5 nitrogen and oxygen atoms in total. The van der Waals surface area contributed by atoms with Gasteiger partial charge in [-0.2, -0.15) is 0 Å². The van der Waals surface area contributed by atoms with Crippen molar-refractivity contribution in [3.05, 3.63) is 11.8 Å². The Labute approximate surface area is 158 Å². The van der Waals surface area contributed by atoms with Gasteiger partial charge in [0.2, 0.25) is 15.9 Å². The van der Waals surface area contributed by atoms with Crippen molar-refractivity contribution in [2.24, 2.45) is 5.92 Å². The van der Waals surface area contributed by atoms with Crippen LogP contribution in [0.15, 0.2) is 11.8 Å². The molecular weight excluding hydrogens is 348 g/mol. The van der Waals surface area contributed by atoms with Gasteiger partial charge < -0.3 is 4.90 Å². The van der Waals surface area contributed by atoms with Crippen LogP contribution in [0.3, 0.4) is 0 Å². The van der Waals surface area contributed by atoms with Gasteiger partial charge >= 0.3 is 0 Å². The Morgan fingerprint density at radius 3 is 2.62 bits per heavy atom. The number of hydrogen-bond acceptors (Lipinski definition) is 3. The number of nitrogens with zero attached hydrogens (tertiary/aromatic N) is 2. The first-order chi connectivity index (χ1) is 12.5. The Bertz CT molecular complexity index is 623. The molecule has 2 aliphatic carbocycles. The molecule has 1 saturated heterocycles. The molecular formula is C20H34N2O3S. The van der Waals surface area contributed by atoms with Crippen molar-refractivity contribution in [1.29, 1.82) is 0 Å². The van der Waals surface area contributed by atoms with Crippen molar-refractivity contribution in [2.45, 2.75) is 83.1 Å². The molecule has 1 heterocycles. The van der Waals surface area contributed by atoms with E-state index in [0.717, 1.165) is 44.2 Å². The van der Waals surface area contributed by atoms with E-state index in [1.165, 1.54) is 25.7 Å². The average Bonchev–Trinajstić information content (AvgIpc) is 2.67. The lowest BCUT2D eigenvalue weighted by molar-refractivity contribution is -0.132. The second-order valence-electron chi connectivity index (χ2n) is 8.19. The Balaban J connectivity index is 1.51. The minimum atomic E-state index is -3.31. The van der Waals surface area contributed by atoms with Gasteiger partial charge in [-0.15, -0.1) is 0 Å². The fourth-order valence-corrected chi connectivity index (χ4v) is 6.48. The van der Waals surface area contributed by atoms with Crippen molar-refractivity contribution in [3.8, 4) is 0 Å². The van der Waals surface area contributed by atoms with E-state index in [9.17, 15) is 13.2 Å². The summed E-state index contributed by atoms with van der Waals surface area (Å²) in [5.74, 6) is 0.605. The molecule has 1 atom stereocenters. The Morgan fingerprint density at radius 2 is 1.85 bits per heavy atom. The highest BCUT2D eigenvalue weighted by molar-refractivity contribution is 7.89. The highest BCUT2D eigenvalue weighted by Crippen LogP contribution is 2.36. The molecule has 0 aromatic rings. The molecule has 6 heteroatoms. The molecule has 0 radical (unpaired) electrons. The maximum atomic E-state index is 12.9. The third-order valence-corrected chi connectivity index (χ3v) is 8.24. The topological polar surface area (TPSA) is 57.7 Å². The number of allylic oxidation sites excluding steroid dienone is 2. The zero-order valence-corrected chi connectivity index (χ0v) is 17.0. The molecule has 0 spiro atoms. The number of rotatable bonds is 6. The SMILES string of the molecule is CN(C(=O)CCCS(=O)(=O)N1CCCC2CCCC=C21)C1CCCCC1. The van der Waals surface area contributed by atoms with Crippen LogP contribution in [-0.4, -0.2) is 48.9 Å². The summed E-state index contributed by atoms with van der Waals surface area (Å²) in [5, 5.41) is 0. The summed E-state index contributed by atoms with van der Waals surface area (Å²) in [6.07, 6.45) is 14.1. The number of piperidine rings is 1. The standard InChI is InChI=1S/C20H34N2O3S/c1-21(18-11-3-2-4-12-18)20(23)14-8-16-26(24,25)22-15-7-10-17-9-5-6-13-19(17)22/h13,17-18H,2-12,14-16H2,1H3. The van der Waals surface area contributed by atoms with E-state index >= 15 is 0 Å². The van der Waals surface area contributed by atoms with Gasteiger partial charge in [0, 0.05) is 31.8 Å². The third kappa shape index (κ3) is 4.62. The summed E-state index contributed by atoms with van der Waals surface area (Å²) in [5.41, 5.74) is 1.04. The van der Waals surface area contributed by atoms with Crippen molar-refractivity contribution in [1.82, 2.24) is 9.21 Å². The van der Waals surface area contributed by atoms with Gasteiger partial charge in [0.1, 0.15) is 0 Å². The van der Waals surface area contributed by atoms with Crippen molar-refractivity contribution in [3.63, 3.8) is 0 Å². The van der Waals surface area contributed by atoms with E-state index in [2.05, 4.69) is 6.08 Å². The first-order valence-electron chi connectivity index (χ1n) is 10.4. The van der Waals surface area contributed by atoms with Crippen molar-refractivity contribution < 1.29 is 13.2 Å². The predicted molar refractivity (Wildman–Crippen MR) is 104 cm³/mol. The molecule has 1 amide bonds. The summed E-state index contributed by atoms with van der Waals surface area (Å²) in [4.78, 5) is 14.3. The van der Waals surface area contributed by atoms with Crippen LogP contribution < -0.4 is 0 Å². The summed E-state index contributed by atoms with van der Waals surface area (Å²) < 4.78 is 27.4. The van der Waals surface area contributed by atoms with Gasteiger partial charge in [-0.3, -0.25) is 9.10 Å². The normalized spacial score (nSPS) is 24.7. The molecule has 3 aliphatic rings. The lowest BCUT2D eigenvalue weighted by atomic mass is 9.86. The number of carbonyl (C=O) groups is 1. The van der Waals surface area contributed by atoms with E-state index in [1.807, 2.05) is 11.9 Å². The van der Waals surface area contributed by atoms with Gasteiger partial charge in [-0.25, -0.2) is 8.42 Å². The number of sulfonamides is 1. The van der Waals surface area contributed by atoms with Gasteiger partial charge in [-0.1, -0.05) is 25.3 Å². The second kappa shape index (κ2) is 8.77. The molecule has 1 aliphatic heterocycles. The summed E-state index contributed by atoms with van der Waals surface area (Å²) in [6, 6.07) is 0.350. The zero-order valence-electron chi connectivity index (χ0n) is 16.2. The van der Waals surface area contributed by atoms with Crippen LogP contribution in [0.2, 0.25) is 0 Å². The molecule has 0 aromatic carbocycles. The molecule has 2 fully saturated rings. The molecule has 1 unspecified atom stereocenters. The van der Waals surface area contributed by atoms with Crippen LogP contribution in [-0.2, 0) is 14.8 Å². The van der Waals surface area contributed by atoms with Crippen LogP contribution in [0.4, 0.5) is 0 Å². The summed E-state index contributed by atoms with van der Waals surface area (Å²) in [7, 11) is -1.42. The third-order valence-electron chi connectivity index (χ3n) is 6.37. The number of hydrogen-bond donors (Lipinski definition) is 0. The van der Waals surface area contributed by atoms with Gasteiger partial charge in [0.05, 0.1) is 5.75 Å². The molecule has 148 valence electrons. The predicted octanol–water partition coefficient (Wildman–Crippen LogP) is 3.67. The monoisotopic (exact) mass is 382 g/mol. The number of carbonyl (C=O) groups excluding carboxylic acids is 1. The average molecular weight is 383 g/mol. The van der Waals surface area contributed by atoms with E-state index < -0.39 is 10.0 Å². The maximum absolute atomic E-state index is 12.9. The lowest BCUT2D eigenvalue weighted by Gasteiger charge is -2.38. The van der Waals surface area contributed by atoms with Crippen molar-refractivity contribution >= 4 is 15.9 Å². The fraction of sp³-hybridized carbons (Fsp3) is 0.850. The Kier molecular flexibility index (Phi) is 6.65. The van der Waals surface area contributed by atoms with Crippen LogP contribution in [0, 0.1) is 5.92 Å². The highest BCUT2D eigenvalue weighted by atomic mass is 32.2. The molecule has 26 heavy (non-hydrogen) atoms. The van der Waals surface area contributed by atoms with E-state index in [4.69, 9.17) is 0 Å². The summed E-state index contributed by atoms with van der Waals surface area (Å²) >= 11 is 0. The quantitative estimate of drug-likeness (QED) is 0.704. The Morgan fingerprint density at radius 1 is 1.12 bits per heavy atom.